The first-order valence-corrected chi connectivity index (χ1v) is 7.34. The van der Waals surface area contributed by atoms with Crippen LogP contribution in [0.2, 0.25) is 0 Å². The first-order chi connectivity index (χ1) is 7.90. The molecule has 0 bridgehead atoms. The van der Waals surface area contributed by atoms with E-state index in [4.69, 9.17) is 5.73 Å². The van der Waals surface area contributed by atoms with Crippen molar-refractivity contribution in [3.8, 4) is 0 Å². The van der Waals surface area contributed by atoms with Gasteiger partial charge in [0.1, 0.15) is 0 Å². The average molecular weight is 224 g/mol. The zero-order valence-corrected chi connectivity index (χ0v) is 10.7. The minimum Gasteiger partial charge on any atom is -0.329 e. The lowest BCUT2D eigenvalue weighted by Gasteiger charge is -2.35. The van der Waals surface area contributed by atoms with Crippen LogP contribution in [0.1, 0.15) is 57.8 Å². The van der Waals surface area contributed by atoms with Crippen molar-refractivity contribution < 1.29 is 0 Å². The normalized spacial score (nSPS) is 28.7. The maximum atomic E-state index is 5.85. The van der Waals surface area contributed by atoms with E-state index in [0.29, 0.717) is 6.04 Å². The van der Waals surface area contributed by atoms with Crippen molar-refractivity contribution >= 4 is 0 Å². The van der Waals surface area contributed by atoms with Gasteiger partial charge in [-0.25, -0.2) is 0 Å². The Morgan fingerprint density at radius 3 is 2.50 bits per heavy atom. The second kappa shape index (κ2) is 6.61. The molecule has 1 saturated carbocycles. The van der Waals surface area contributed by atoms with E-state index in [0.717, 1.165) is 12.5 Å². The number of nitrogens with zero attached hydrogens (tertiary/aromatic N) is 1. The quantitative estimate of drug-likeness (QED) is 0.778. The lowest BCUT2D eigenvalue weighted by Crippen LogP contribution is -2.44. The van der Waals surface area contributed by atoms with Crippen LogP contribution >= 0.6 is 0 Å². The fourth-order valence-electron chi connectivity index (χ4n) is 3.50. The third-order valence-corrected chi connectivity index (χ3v) is 4.55. The summed E-state index contributed by atoms with van der Waals surface area (Å²) in [5, 5.41) is 0. The maximum Gasteiger partial charge on any atom is 0.0218 e. The molecule has 2 heteroatoms. The predicted molar refractivity (Wildman–Crippen MR) is 69.5 cm³/mol. The first kappa shape index (κ1) is 12.4. The van der Waals surface area contributed by atoms with E-state index in [-0.39, 0.29) is 0 Å². The van der Waals surface area contributed by atoms with E-state index < -0.39 is 0 Å². The molecular formula is C14H28N2. The van der Waals surface area contributed by atoms with Gasteiger partial charge in [0.2, 0.25) is 0 Å². The molecule has 2 N–H and O–H groups in total. The average Bonchev–Trinajstić information content (AvgIpc) is 2.83. The lowest BCUT2D eigenvalue weighted by molar-refractivity contribution is 0.148. The van der Waals surface area contributed by atoms with Crippen molar-refractivity contribution in [3.05, 3.63) is 0 Å². The van der Waals surface area contributed by atoms with Gasteiger partial charge in [-0.1, -0.05) is 32.1 Å². The Balaban J connectivity index is 1.63. The monoisotopic (exact) mass is 224 g/mol. The second-order valence-electron chi connectivity index (χ2n) is 5.71. The van der Waals surface area contributed by atoms with Gasteiger partial charge in [-0.2, -0.15) is 0 Å². The highest BCUT2D eigenvalue weighted by atomic mass is 15.2. The van der Waals surface area contributed by atoms with Crippen molar-refractivity contribution in [1.29, 1.82) is 0 Å². The van der Waals surface area contributed by atoms with Crippen molar-refractivity contribution in [2.75, 3.05) is 19.6 Å². The Morgan fingerprint density at radius 2 is 1.75 bits per heavy atom. The van der Waals surface area contributed by atoms with E-state index in [9.17, 15) is 0 Å². The topological polar surface area (TPSA) is 29.3 Å². The van der Waals surface area contributed by atoms with Crippen LogP contribution in [0.15, 0.2) is 0 Å². The van der Waals surface area contributed by atoms with Gasteiger partial charge in [0.05, 0.1) is 0 Å². The van der Waals surface area contributed by atoms with Crippen LogP contribution in [0.5, 0.6) is 0 Å². The summed E-state index contributed by atoms with van der Waals surface area (Å²) in [6.07, 6.45) is 13.0. The SMILES string of the molecule is NC[C@H]1CCCCN1CCCC1CCCC1. The maximum absolute atomic E-state index is 5.85. The first-order valence-electron chi connectivity index (χ1n) is 7.34. The molecule has 0 aromatic heterocycles. The molecule has 1 aliphatic carbocycles. The van der Waals surface area contributed by atoms with Crippen LogP contribution in [-0.2, 0) is 0 Å². The van der Waals surface area contributed by atoms with Gasteiger partial charge in [-0.3, -0.25) is 4.90 Å². The van der Waals surface area contributed by atoms with Crippen molar-refractivity contribution in [2.24, 2.45) is 11.7 Å². The standard InChI is InChI=1S/C14H28N2/c15-12-14-9-3-4-10-16(14)11-5-8-13-6-1-2-7-13/h13-14H,1-12,15H2/t14-/m1/s1. The number of piperidine rings is 1. The Bertz CT molecular complexity index is 187. The molecule has 0 unspecified atom stereocenters. The van der Waals surface area contributed by atoms with Gasteiger partial charge in [0, 0.05) is 12.6 Å². The lowest BCUT2D eigenvalue weighted by atomic mass is 9.99. The molecule has 1 atom stereocenters. The zero-order valence-electron chi connectivity index (χ0n) is 10.7. The molecule has 0 radical (unpaired) electrons. The molecule has 1 heterocycles. The van der Waals surface area contributed by atoms with Crippen molar-refractivity contribution in [2.45, 2.75) is 63.8 Å². The summed E-state index contributed by atoms with van der Waals surface area (Å²) in [5.41, 5.74) is 5.85. The Kier molecular flexibility index (Phi) is 5.11. The number of hydrogen-bond donors (Lipinski definition) is 1. The van der Waals surface area contributed by atoms with Gasteiger partial charge in [-0.05, 0) is 44.7 Å². The third kappa shape index (κ3) is 3.46. The largest absolute Gasteiger partial charge is 0.329 e. The van der Waals surface area contributed by atoms with Gasteiger partial charge < -0.3 is 5.73 Å². The van der Waals surface area contributed by atoms with E-state index >= 15 is 0 Å². The van der Waals surface area contributed by atoms with Crippen molar-refractivity contribution in [1.82, 2.24) is 4.90 Å². The second-order valence-corrected chi connectivity index (χ2v) is 5.71. The Morgan fingerprint density at radius 1 is 1.00 bits per heavy atom. The molecule has 2 rings (SSSR count). The molecule has 2 aliphatic rings. The van der Waals surface area contributed by atoms with Gasteiger partial charge in [0.15, 0.2) is 0 Å². The van der Waals surface area contributed by atoms with Gasteiger partial charge >= 0.3 is 0 Å². The molecule has 1 saturated heterocycles. The molecule has 94 valence electrons. The van der Waals surface area contributed by atoms with E-state index in [1.54, 1.807) is 0 Å². The van der Waals surface area contributed by atoms with Crippen LogP contribution in [0, 0.1) is 5.92 Å². The Hall–Kier alpha value is -0.0800. The number of nitrogens with two attached hydrogens (primary N) is 1. The van der Waals surface area contributed by atoms with Crippen LogP contribution in [0.25, 0.3) is 0 Å². The minimum absolute atomic E-state index is 0.692. The number of hydrogen-bond acceptors (Lipinski definition) is 2. The van der Waals surface area contributed by atoms with E-state index in [2.05, 4.69) is 4.90 Å². The number of rotatable bonds is 5. The fourth-order valence-corrected chi connectivity index (χ4v) is 3.50. The van der Waals surface area contributed by atoms with Gasteiger partial charge in [-0.15, -0.1) is 0 Å². The summed E-state index contributed by atoms with van der Waals surface area (Å²) in [4.78, 5) is 2.65. The third-order valence-electron chi connectivity index (χ3n) is 4.55. The van der Waals surface area contributed by atoms with Crippen molar-refractivity contribution in [3.63, 3.8) is 0 Å². The molecule has 0 aromatic carbocycles. The van der Waals surface area contributed by atoms with Crippen LogP contribution < -0.4 is 5.73 Å². The molecule has 1 aliphatic heterocycles. The molecule has 2 nitrogen and oxygen atoms in total. The summed E-state index contributed by atoms with van der Waals surface area (Å²) in [5.74, 6) is 1.06. The molecule has 16 heavy (non-hydrogen) atoms. The molecule has 2 fully saturated rings. The zero-order chi connectivity index (χ0) is 11.2. The van der Waals surface area contributed by atoms with E-state index in [1.165, 1.54) is 70.9 Å². The smallest absolute Gasteiger partial charge is 0.0218 e. The fraction of sp³-hybridized carbons (Fsp3) is 1.00. The van der Waals surface area contributed by atoms with Crippen LogP contribution in [-0.4, -0.2) is 30.6 Å². The van der Waals surface area contributed by atoms with Crippen LogP contribution in [0.3, 0.4) is 0 Å². The highest BCUT2D eigenvalue weighted by Gasteiger charge is 2.21. The summed E-state index contributed by atoms with van der Waals surface area (Å²) in [7, 11) is 0. The molecular weight excluding hydrogens is 196 g/mol. The van der Waals surface area contributed by atoms with Gasteiger partial charge in [0.25, 0.3) is 0 Å². The molecule has 0 amide bonds. The minimum atomic E-state index is 0.692. The summed E-state index contributed by atoms with van der Waals surface area (Å²) in [6, 6.07) is 0.692. The Labute approximate surface area is 101 Å². The van der Waals surface area contributed by atoms with Crippen LogP contribution in [0.4, 0.5) is 0 Å². The highest BCUT2D eigenvalue weighted by molar-refractivity contribution is 4.78. The highest BCUT2D eigenvalue weighted by Crippen LogP contribution is 2.28. The summed E-state index contributed by atoms with van der Waals surface area (Å²) < 4.78 is 0. The molecule has 0 spiro atoms. The summed E-state index contributed by atoms with van der Waals surface area (Å²) >= 11 is 0. The summed E-state index contributed by atoms with van der Waals surface area (Å²) in [6.45, 7) is 3.47. The molecule has 0 aromatic rings. The van der Waals surface area contributed by atoms with E-state index in [1.807, 2.05) is 0 Å². The predicted octanol–water partition coefficient (Wildman–Crippen LogP) is 2.77. The number of likely N-dealkylation sites (tertiary alicyclic amines) is 1.